The molecule has 0 unspecified atom stereocenters. The molecule has 18 heavy (non-hydrogen) atoms. The van der Waals surface area contributed by atoms with Crippen molar-refractivity contribution in [2.75, 3.05) is 6.61 Å². The van der Waals surface area contributed by atoms with Gasteiger partial charge in [-0.25, -0.2) is 0 Å². The van der Waals surface area contributed by atoms with Gasteiger partial charge in [-0.15, -0.1) is 0 Å². The van der Waals surface area contributed by atoms with Crippen molar-refractivity contribution in [1.82, 2.24) is 0 Å². The maximum absolute atomic E-state index is 11.7. The third-order valence-corrected chi connectivity index (χ3v) is 2.81. The molecule has 4 nitrogen and oxygen atoms in total. The van der Waals surface area contributed by atoms with Gasteiger partial charge < -0.3 is 9.84 Å². The van der Waals surface area contributed by atoms with E-state index in [9.17, 15) is 14.7 Å². The van der Waals surface area contributed by atoms with Crippen molar-refractivity contribution in [3.8, 4) is 0 Å². The zero-order valence-corrected chi connectivity index (χ0v) is 10.6. The Balaban J connectivity index is 2.46. The van der Waals surface area contributed by atoms with Crippen LogP contribution in [0.1, 0.15) is 30.6 Å². The van der Waals surface area contributed by atoms with Gasteiger partial charge in [-0.3, -0.25) is 9.59 Å². The number of carbonyl (C=O) groups is 2. The van der Waals surface area contributed by atoms with E-state index in [1.54, 1.807) is 38.1 Å². The second kappa shape index (κ2) is 6.91. The van der Waals surface area contributed by atoms with E-state index in [4.69, 9.17) is 4.74 Å². The van der Waals surface area contributed by atoms with Gasteiger partial charge in [0.15, 0.2) is 12.4 Å². The fraction of sp³-hybridized carbons (Fsp3) is 0.429. The molecular formula is C14H18O4. The number of aliphatic hydroxyl groups is 1. The number of carbonyl (C=O) groups excluding carboxylic acids is 2. The van der Waals surface area contributed by atoms with E-state index in [-0.39, 0.29) is 12.4 Å². The van der Waals surface area contributed by atoms with Gasteiger partial charge in [0.05, 0.1) is 12.0 Å². The van der Waals surface area contributed by atoms with Gasteiger partial charge in [0, 0.05) is 5.56 Å². The van der Waals surface area contributed by atoms with Crippen LogP contribution in [-0.4, -0.2) is 29.6 Å². The summed E-state index contributed by atoms with van der Waals surface area (Å²) < 4.78 is 4.89. The molecule has 0 bridgehead atoms. The SMILES string of the molecule is CC[C@@H](O)[C@@H](C)C(=O)OCC(=O)c1ccccc1. The highest BCUT2D eigenvalue weighted by Crippen LogP contribution is 2.09. The molecular weight excluding hydrogens is 232 g/mol. The van der Waals surface area contributed by atoms with Crippen LogP contribution in [0.4, 0.5) is 0 Å². The van der Waals surface area contributed by atoms with Crippen molar-refractivity contribution in [3.63, 3.8) is 0 Å². The first-order valence-electron chi connectivity index (χ1n) is 5.99. The Hall–Kier alpha value is -1.68. The molecule has 4 heteroatoms. The first kappa shape index (κ1) is 14.4. The number of rotatable bonds is 6. The lowest BCUT2D eigenvalue weighted by molar-refractivity contribution is -0.150. The number of hydrogen-bond donors (Lipinski definition) is 1. The van der Waals surface area contributed by atoms with Crippen LogP contribution in [-0.2, 0) is 9.53 Å². The number of benzene rings is 1. The van der Waals surface area contributed by atoms with E-state index in [0.29, 0.717) is 12.0 Å². The molecule has 1 N–H and O–H groups in total. The predicted molar refractivity (Wildman–Crippen MR) is 67.2 cm³/mol. The Bertz CT molecular complexity index is 400. The molecule has 2 atom stereocenters. The summed E-state index contributed by atoms with van der Waals surface area (Å²) in [4.78, 5) is 23.2. The summed E-state index contributed by atoms with van der Waals surface area (Å²) in [6.07, 6.45) is -0.257. The quantitative estimate of drug-likeness (QED) is 0.618. The Morgan fingerprint density at radius 3 is 2.44 bits per heavy atom. The maximum atomic E-state index is 11.7. The topological polar surface area (TPSA) is 63.6 Å². The summed E-state index contributed by atoms with van der Waals surface area (Å²) in [5.41, 5.74) is 0.508. The molecule has 0 saturated heterocycles. The van der Waals surface area contributed by atoms with Gasteiger partial charge >= 0.3 is 5.97 Å². The Morgan fingerprint density at radius 2 is 1.89 bits per heavy atom. The molecule has 1 aromatic carbocycles. The highest BCUT2D eigenvalue weighted by atomic mass is 16.5. The summed E-state index contributed by atoms with van der Waals surface area (Å²) in [5.74, 6) is -1.41. The van der Waals surface area contributed by atoms with Crippen molar-refractivity contribution in [2.45, 2.75) is 26.4 Å². The number of ether oxygens (including phenoxy) is 1. The van der Waals surface area contributed by atoms with Crippen molar-refractivity contribution in [1.29, 1.82) is 0 Å². The lowest BCUT2D eigenvalue weighted by atomic mass is 10.0. The van der Waals surface area contributed by atoms with Crippen LogP contribution in [0.15, 0.2) is 30.3 Å². The minimum Gasteiger partial charge on any atom is -0.457 e. The molecule has 0 saturated carbocycles. The van der Waals surface area contributed by atoms with Gasteiger partial charge in [0.1, 0.15) is 0 Å². The molecule has 0 aliphatic heterocycles. The second-order valence-electron chi connectivity index (χ2n) is 4.16. The molecule has 0 spiro atoms. The molecule has 0 fully saturated rings. The minimum atomic E-state index is -0.732. The van der Waals surface area contributed by atoms with Crippen molar-refractivity contribution >= 4 is 11.8 Å². The first-order chi connectivity index (χ1) is 8.56. The number of hydrogen-bond acceptors (Lipinski definition) is 4. The summed E-state index contributed by atoms with van der Waals surface area (Å²) in [6, 6.07) is 8.64. The highest BCUT2D eigenvalue weighted by Gasteiger charge is 2.22. The molecule has 0 aliphatic carbocycles. The maximum Gasteiger partial charge on any atom is 0.311 e. The van der Waals surface area contributed by atoms with Crippen LogP contribution in [0, 0.1) is 5.92 Å². The first-order valence-corrected chi connectivity index (χ1v) is 5.99. The average Bonchev–Trinajstić information content (AvgIpc) is 2.43. The fourth-order valence-corrected chi connectivity index (χ4v) is 1.49. The van der Waals surface area contributed by atoms with E-state index >= 15 is 0 Å². The standard InChI is InChI=1S/C14H18O4/c1-3-12(15)10(2)14(17)18-9-13(16)11-7-5-4-6-8-11/h4-8,10,12,15H,3,9H2,1-2H3/t10-,12-/m1/s1. The highest BCUT2D eigenvalue weighted by molar-refractivity contribution is 5.97. The fourth-order valence-electron chi connectivity index (χ4n) is 1.49. The molecule has 0 aromatic heterocycles. The molecule has 98 valence electrons. The third kappa shape index (κ3) is 3.96. The van der Waals surface area contributed by atoms with E-state index in [1.807, 2.05) is 6.07 Å². The van der Waals surface area contributed by atoms with E-state index in [1.165, 1.54) is 0 Å². The molecule has 0 radical (unpaired) electrons. The van der Waals surface area contributed by atoms with Crippen molar-refractivity contribution < 1.29 is 19.4 Å². The van der Waals surface area contributed by atoms with Crippen LogP contribution in [0.3, 0.4) is 0 Å². The zero-order chi connectivity index (χ0) is 13.5. The lowest BCUT2D eigenvalue weighted by Gasteiger charge is -2.15. The average molecular weight is 250 g/mol. The summed E-state index contributed by atoms with van der Waals surface area (Å²) >= 11 is 0. The Morgan fingerprint density at radius 1 is 1.28 bits per heavy atom. The summed E-state index contributed by atoms with van der Waals surface area (Å²) in [5, 5.41) is 9.49. The van der Waals surface area contributed by atoms with E-state index < -0.39 is 18.0 Å². The third-order valence-electron chi connectivity index (χ3n) is 2.81. The normalized spacial score (nSPS) is 13.7. The molecule has 1 rings (SSSR count). The van der Waals surface area contributed by atoms with Crippen molar-refractivity contribution in [3.05, 3.63) is 35.9 Å². The monoisotopic (exact) mass is 250 g/mol. The largest absolute Gasteiger partial charge is 0.457 e. The van der Waals surface area contributed by atoms with E-state index in [2.05, 4.69) is 0 Å². The molecule has 0 aliphatic rings. The van der Waals surface area contributed by atoms with Crippen LogP contribution >= 0.6 is 0 Å². The van der Waals surface area contributed by atoms with Crippen LogP contribution < -0.4 is 0 Å². The van der Waals surface area contributed by atoms with E-state index in [0.717, 1.165) is 0 Å². The Kier molecular flexibility index (Phi) is 5.52. The Labute approximate surface area is 107 Å². The van der Waals surface area contributed by atoms with Crippen molar-refractivity contribution in [2.24, 2.45) is 5.92 Å². The molecule has 1 aromatic rings. The van der Waals surface area contributed by atoms with Crippen LogP contribution in [0.2, 0.25) is 0 Å². The summed E-state index contributed by atoms with van der Waals surface area (Å²) in [7, 11) is 0. The lowest BCUT2D eigenvalue weighted by Crippen LogP contribution is -2.28. The number of aliphatic hydroxyl groups excluding tert-OH is 1. The minimum absolute atomic E-state index is 0.248. The second-order valence-corrected chi connectivity index (χ2v) is 4.16. The molecule has 0 amide bonds. The number of Topliss-reactive ketones (excluding diaryl/α,β-unsaturated/α-hetero) is 1. The zero-order valence-electron chi connectivity index (χ0n) is 10.6. The smallest absolute Gasteiger partial charge is 0.311 e. The van der Waals surface area contributed by atoms with Crippen LogP contribution in [0.25, 0.3) is 0 Å². The number of esters is 1. The predicted octanol–water partition coefficient (Wildman–Crippen LogP) is 1.82. The molecule has 0 heterocycles. The van der Waals surface area contributed by atoms with Gasteiger partial charge in [-0.05, 0) is 13.3 Å². The number of ketones is 1. The van der Waals surface area contributed by atoms with Crippen LogP contribution in [0.5, 0.6) is 0 Å². The van der Waals surface area contributed by atoms with Gasteiger partial charge in [-0.1, -0.05) is 37.3 Å². The summed E-state index contributed by atoms with van der Waals surface area (Å²) in [6.45, 7) is 3.08. The van der Waals surface area contributed by atoms with Gasteiger partial charge in [-0.2, -0.15) is 0 Å². The van der Waals surface area contributed by atoms with Gasteiger partial charge in [0.25, 0.3) is 0 Å². The van der Waals surface area contributed by atoms with Gasteiger partial charge in [0.2, 0.25) is 0 Å².